The molecular formula is C23H18N4O4S. The molecule has 9 heteroatoms. The minimum absolute atomic E-state index is 0.0119. The van der Waals surface area contributed by atoms with Crippen LogP contribution in [0.1, 0.15) is 29.3 Å². The molecule has 1 fully saturated rings. The predicted octanol–water partition coefficient (Wildman–Crippen LogP) is 5.02. The smallest absolute Gasteiger partial charge is 0.280 e. The highest BCUT2D eigenvalue weighted by atomic mass is 32.1. The van der Waals surface area contributed by atoms with Crippen molar-refractivity contribution < 1.29 is 13.8 Å². The van der Waals surface area contributed by atoms with Crippen molar-refractivity contribution in [2.75, 3.05) is 0 Å². The van der Waals surface area contributed by atoms with Crippen molar-refractivity contribution in [1.82, 2.24) is 15.2 Å². The van der Waals surface area contributed by atoms with E-state index in [4.69, 9.17) is 21.1 Å². The third kappa shape index (κ3) is 3.63. The third-order valence-corrected chi connectivity index (χ3v) is 5.74. The first-order valence-corrected chi connectivity index (χ1v) is 10.4. The molecule has 0 aliphatic carbocycles. The quantitative estimate of drug-likeness (QED) is 0.251. The summed E-state index contributed by atoms with van der Waals surface area (Å²) in [5.41, 5.74) is 1.22. The second-order valence-corrected chi connectivity index (χ2v) is 7.70. The first-order chi connectivity index (χ1) is 15.6. The van der Waals surface area contributed by atoms with E-state index in [1.807, 2.05) is 41.3 Å². The number of nitro groups is 1. The van der Waals surface area contributed by atoms with Gasteiger partial charge in [-0.1, -0.05) is 18.2 Å². The molecular weight excluding hydrogens is 428 g/mol. The first-order valence-electron chi connectivity index (χ1n) is 9.96. The van der Waals surface area contributed by atoms with Gasteiger partial charge in [0.05, 0.1) is 35.0 Å². The molecule has 0 amide bonds. The van der Waals surface area contributed by atoms with Crippen LogP contribution in [-0.4, -0.2) is 19.9 Å². The maximum Gasteiger partial charge on any atom is 0.280 e. The van der Waals surface area contributed by atoms with E-state index in [0.29, 0.717) is 28.7 Å². The molecule has 4 aromatic rings. The van der Waals surface area contributed by atoms with Gasteiger partial charge in [0.2, 0.25) is 0 Å². The molecule has 0 bridgehead atoms. The van der Waals surface area contributed by atoms with Crippen LogP contribution >= 0.6 is 12.2 Å². The van der Waals surface area contributed by atoms with Crippen molar-refractivity contribution in [3.8, 4) is 11.3 Å². The van der Waals surface area contributed by atoms with Crippen LogP contribution in [0.3, 0.4) is 0 Å². The zero-order chi connectivity index (χ0) is 22.1. The topological polar surface area (TPSA) is 97.6 Å². The number of thiocarbonyl (C=S) groups is 1. The highest BCUT2D eigenvalue weighted by molar-refractivity contribution is 7.80. The molecule has 5 rings (SSSR count). The Morgan fingerprint density at radius 2 is 1.94 bits per heavy atom. The molecule has 4 heterocycles. The fraction of sp³-hybridized carbons (Fsp3) is 0.130. The zero-order valence-electron chi connectivity index (χ0n) is 16.8. The highest BCUT2D eigenvalue weighted by Gasteiger charge is 2.42. The average Bonchev–Trinajstić information content (AvgIpc) is 3.56. The molecule has 8 nitrogen and oxygen atoms in total. The number of benzene rings is 1. The van der Waals surface area contributed by atoms with Crippen molar-refractivity contribution in [2.45, 2.75) is 18.6 Å². The minimum atomic E-state index is -0.413. The van der Waals surface area contributed by atoms with Gasteiger partial charge in [-0.05, 0) is 54.7 Å². The van der Waals surface area contributed by atoms with E-state index in [9.17, 15) is 10.1 Å². The van der Waals surface area contributed by atoms with E-state index in [1.54, 1.807) is 36.7 Å². The normalized spacial score (nSPS) is 18.0. The summed E-state index contributed by atoms with van der Waals surface area (Å²) in [5, 5.41) is 15.4. The summed E-state index contributed by atoms with van der Waals surface area (Å²) in [6.45, 7) is 0.439. The number of nitro benzene ring substituents is 1. The maximum absolute atomic E-state index is 11.5. The number of para-hydroxylation sites is 1. The zero-order valence-corrected chi connectivity index (χ0v) is 17.6. The Hall–Kier alpha value is -3.98. The SMILES string of the molecule is O=[N+]([O-])c1ccccc1-c1ccc([C@H]2[C@@H](c3ccccn3)NC(=S)N2Cc2ccco2)o1. The van der Waals surface area contributed by atoms with E-state index in [0.717, 1.165) is 11.5 Å². The van der Waals surface area contributed by atoms with E-state index >= 15 is 0 Å². The number of aromatic nitrogens is 1. The predicted molar refractivity (Wildman–Crippen MR) is 121 cm³/mol. The summed E-state index contributed by atoms with van der Waals surface area (Å²) < 4.78 is 11.7. The van der Waals surface area contributed by atoms with Crippen molar-refractivity contribution in [3.63, 3.8) is 0 Å². The molecule has 1 saturated heterocycles. The van der Waals surface area contributed by atoms with Crippen LogP contribution in [-0.2, 0) is 6.54 Å². The molecule has 3 aromatic heterocycles. The van der Waals surface area contributed by atoms with Crippen molar-refractivity contribution >= 4 is 23.0 Å². The van der Waals surface area contributed by atoms with Crippen LogP contribution in [0, 0.1) is 10.1 Å². The number of nitrogens with one attached hydrogen (secondary N) is 1. The molecule has 160 valence electrons. The summed E-state index contributed by atoms with van der Waals surface area (Å²) in [6, 6.07) is 18.9. The third-order valence-electron chi connectivity index (χ3n) is 5.39. The van der Waals surface area contributed by atoms with Gasteiger partial charge in [-0.3, -0.25) is 15.1 Å². The van der Waals surface area contributed by atoms with Gasteiger partial charge in [0.1, 0.15) is 23.3 Å². The van der Waals surface area contributed by atoms with Gasteiger partial charge in [0.15, 0.2) is 5.11 Å². The van der Waals surface area contributed by atoms with Gasteiger partial charge in [0, 0.05) is 12.3 Å². The van der Waals surface area contributed by atoms with Crippen LogP contribution < -0.4 is 5.32 Å². The van der Waals surface area contributed by atoms with E-state index in [2.05, 4.69) is 10.3 Å². The fourth-order valence-electron chi connectivity index (χ4n) is 3.95. The van der Waals surface area contributed by atoms with Gasteiger partial charge in [-0.25, -0.2) is 0 Å². The van der Waals surface area contributed by atoms with Gasteiger partial charge < -0.3 is 19.1 Å². The number of furan rings is 2. The molecule has 32 heavy (non-hydrogen) atoms. The maximum atomic E-state index is 11.5. The Balaban J connectivity index is 1.56. The summed E-state index contributed by atoms with van der Waals surface area (Å²) in [7, 11) is 0. The lowest BCUT2D eigenvalue weighted by Crippen LogP contribution is -2.28. The van der Waals surface area contributed by atoms with Crippen LogP contribution in [0.25, 0.3) is 11.3 Å². The minimum Gasteiger partial charge on any atom is -0.467 e. The van der Waals surface area contributed by atoms with Crippen molar-refractivity contribution in [2.24, 2.45) is 0 Å². The molecule has 0 saturated carbocycles. The molecule has 0 radical (unpaired) electrons. The standard InChI is InChI=1S/C23H18N4O4S/c28-27(29)18-9-2-1-7-16(18)19-10-11-20(31-19)22-21(17-8-3-4-12-24-17)25-23(32)26(22)14-15-6-5-13-30-15/h1-13,21-22H,14H2,(H,25,32)/t21-,22+/m1/s1. The number of rotatable bonds is 6. The Morgan fingerprint density at radius 3 is 2.69 bits per heavy atom. The Morgan fingerprint density at radius 1 is 1.09 bits per heavy atom. The van der Waals surface area contributed by atoms with Crippen molar-refractivity contribution in [3.05, 3.63) is 107 Å². The van der Waals surface area contributed by atoms with Crippen LogP contribution in [0.15, 0.2) is 88.0 Å². The van der Waals surface area contributed by atoms with Crippen LogP contribution in [0.5, 0.6) is 0 Å². The lowest BCUT2D eigenvalue weighted by molar-refractivity contribution is -0.384. The van der Waals surface area contributed by atoms with E-state index in [1.165, 1.54) is 6.07 Å². The number of pyridine rings is 1. The van der Waals surface area contributed by atoms with E-state index < -0.39 is 4.92 Å². The first kappa shape index (κ1) is 20.0. The van der Waals surface area contributed by atoms with Crippen LogP contribution in [0.2, 0.25) is 0 Å². The second kappa shape index (κ2) is 8.27. The second-order valence-electron chi connectivity index (χ2n) is 7.31. The van der Waals surface area contributed by atoms with Crippen molar-refractivity contribution in [1.29, 1.82) is 0 Å². The Kier molecular flexibility index (Phi) is 5.16. The van der Waals surface area contributed by atoms with Gasteiger partial charge in [-0.2, -0.15) is 0 Å². The molecule has 2 atom stereocenters. The van der Waals surface area contributed by atoms with Crippen LogP contribution in [0.4, 0.5) is 5.69 Å². The largest absolute Gasteiger partial charge is 0.467 e. The number of hydrogen-bond acceptors (Lipinski definition) is 6. The monoisotopic (exact) mass is 446 g/mol. The molecule has 1 aromatic carbocycles. The lowest BCUT2D eigenvalue weighted by atomic mass is 10.0. The molecule has 0 unspecified atom stereocenters. The number of hydrogen-bond donors (Lipinski definition) is 1. The molecule has 1 N–H and O–H groups in total. The van der Waals surface area contributed by atoms with E-state index in [-0.39, 0.29) is 17.8 Å². The average molecular weight is 446 g/mol. The lowest BCUT2D eigenvalue weighted by Gasteiger charge is -2.25. The molecule has 1 aliphatic rings. The summed E-state index contributed by atoms with van der Waals surface area (Å²) >= 11 is 5.64. The fourth-order valence-corrected chi connectivity index (χ4v) is 4.26. The summed E-state index contributed by atoms with van der Waals surface area (Å²) in [4.78, 5) is 17.5. The highest BCUT2D eigenvalue weighted by Crippen LogP contribution is 2.42. The number of nitrogens with zero attached hydrogens (tertiary/aromatic N) is 3. The van der Waals surface area contributed by atoms with Gasteiger partial charge in [-0.15, -0.1) is 0 Å². The summed E-state index contributed by atoms with van der Waals surface area (Å²) in [5.74, 6) is 1.79. The van der Waals surface area contributed by atoms with Gasteiger partial charge >= 0.3 is 0 Å². The Labute approximate surface area is 188 Å². The summed E-state index contributed by atoms with van der Waals surface area (Å²) in [6.07, 6.45) is 3.35. The van der Waals surface area contributed by atoms with Gasteiger partial charge in [0.25, 0.3) is 5.69 Å². The molecule has 1 aliphatic heterocycles. The molecule has 0 spiro atoms. The Bertz CT molecular complexity index is 1260.